The van der Waals surface area contributed by atoms with Gasteiger partial charge in [0.05, 0.1) is 12.3 Å². The Balaban J connectivity index is 2.31. The number of benzene rings is 1. The van der Waals surface area contributed by atoms with Crippen molar-refractivity contribution in [1.82, 2.24) is 0 Å². The Morgan fingerprint density at radius 1 is 1.33 bits per heavy atom. The number of rotatable bonds is 6. The van der Waals surface area contributed by atoms with Gasteiger partial charge in [0.2, 0.25) is 0 Å². The van der Waals surface area contributed by atoms with Crippen LogP contribution in [-0.2, 0) is 4.74 Å². The lowest BCUT2D eigenvalue weighted by Crippen LogP contribution is -2.04. The highest BCUT2D eigenvalue weighted by Crippen LogP contribution is 2.25. The van der Waals surface area contributed by atoms with Crippen molar-refractivity contribution in [3.8, 4) is 5.75 Å². The highest BCUT2D eigenvalue weighted by Gasteiger charge is 2.00. The molecule has 0 heterocycles. The van der Waals surface area contributed by atoms with Crippen molar-refractivity contribution in [2.45, 2.75) is 13.3 Å². The van der Waals surface area contributed by atoms with Gasteiger partial charge < -0.3 is 15.2 Å². The minimum Gasteiger partial charge on any atom is -0.491 e. The first-order valence-electron chi connectivity index (χ1n) is 4.99. The molecule has 0 unspecified atom stereocenters. The van der Waals surface area contributed by atoms with Crippen LogP contribution < -0.4 is 10.5 Å². The molecule has 0 spiro atoms. The van der Waals surface area contributed by atoms with Gasteiger partial charge in [-0.3, -0.25) is 0 Å². The van der Waals surface area contributed by atoms with Gasteiger partial charge in [-0.15, -0.1) is 0 Å². The summed E-state index contributed by atoms with van der Waals surface area (Å²) < 4.78 is 11.7. The van der Waals surface area contributed by atoms with Crippen LogP contribution in [0.2, 0.25) is 0 Å². The average molecular weight is 274 g/mol. The van der Waals surface area contributed by atoms with E-state index in [4.69, 9.17) is 15.2 Å². The third-order valence-corrected chi connectivity index (χ3v) is 2.36. The molecule has 2 N–H and O–H groups in total. The lowest BCUT2D eigenvalue weighted by Gasteiger charge is -2.08. The second kappa shape index (κ2) is 6.69. The highest BCUT2D eigenvalue weighted by atomic mass is 79.9. The zero-order valence-corrected chi connectivity index (χ0v) is 10.4. The van der Waals surface area contributed by atoms with E-state index in [1.807, 2.05) is 25.1 Å². The fourth-order valence-corrected chi connectivity index (χ4v) is 1.52. The van der Waals surface area contributed by atoms with Gasteiger partial charge in [0.25, 0.3) is 0 Å². The molecular weight excluding hydrogens is 258 g/mol. The summed E-state index contributed by atoms with van der Waals surface area (Å²) in [7, 11) is 0. The van der Waals surface area contributed by atoms with Crippen molar-refractivity contribution in [3.63, 3.8) is 0 Å². The molecule has 0 amide bonds. The Labute approximate surface area is 98.7 Å². The fraction of sp³-hybridized carbons (Fsp3) is 0.455. The molecule has 1 aromatic rings. The summed E-state index contributed by atoms with van der Waals surface area (Å²) in [5.74, 6) is 0.731. The Hall–Kier alpha value is -0.740. The van der Waals surface area contributed by atoms with Crippen molar-refractivity contribution in [3.05, 3.63) is 22.7 Å². The Bertz CT molecular complexity index is 305. The van der Waals surface area contributed by atoms with Gasteiger partial charge in [-0.25, -0.2) is 0 Å². The molecule has 0 saturated carbocycles. The van der Waals surface area contributed by atoms with Crippen LogP contribution >= 0.6 is 15.9 Å². The lowest BCUT2D eigenvalue weighted by atomic mass is 10.3. The number of halogens is 1. The van der Waals surface area contributed by atoms with Crippen LogP contribution in [0, 0.1) is 0 Å². The first kappa shape index (κ1) is 12.3. The minimum absolute atomic E-state index is 0.631. The molecule has 0 aromatic heterocycles. The van der Waals surface area contributed by atoms with Gasteiger partial charge in [0.15, 0.2) is 0 Å². The second-order valence-corrected chi connectivity index (χ2v) is 4.00. The molecule has 0 aliphatic heterocycles. The fourth-order valence-electron chi connectivity index (χ4n) is 1.14. The summed E-state index contributed by atoms with van der Waals surface area (Å²) in [6.07, 6.45) is 0.878. The van der Waals surface area contributed by atoms with Crippen molar-refractivity contribution in [1.29, 1.82) is 0 Å². The van der Waals surface area contributed by atoms with Gasteiger partial charge in [-0.2, -0.15) is 0 Å². The maximum atomic E-state index is 5.78. The lowest BCUT2D eigenvalue weighted by molar-refractivity contribution is 0.131. The van der Waals surface area contributed by atoms with E-state index in [2.05, 4.69) is 15.9 Å². The van der Waals surface area contributed by atoms with E-state index in [9.17, 15) is 0 Å². The van der Waals surface area contributed by atoms with Gasteiger partial charge in [-0.05, 0) is 25.1 Å². The summed E-state index contributed by atoms with van der Waals surface area (Å²) in [4.78, 5) is 0. The minimum atomic E-state index is 0.631. The zero-order chi connectivity index (χ0) is 11.1. The Morgan fingerprint density at radius 2 is 2.13 bits per heavy atom. The van der Waals surface area contributed by atoms with E-state index in [0.717, 1.165) is 29.9 Å². The molecule has 84 valence electrons. The number of nitrogen functional groups attached to an aromatic ring is 1. The number of nitrogens with two attached hydrogens (primary N) is 1. The first-order valence-corrected chi connectivity index (χ1v) is 5.79. The third-order valence-electron chi connectivity index (χ3n) is 1.87. The summed E-state index contributed by atoms with van der Waals surface area (Å²) in [6.45, 7) is 4.09. The third kappa shape index (κ3) is 4.53. The number of hydrogen-bond donors (Lipinski definition) is 1. The van der Waals surface area contributed by atoms with Crippen LogP contribution in [0.15, 0.2) is 22.7 Å². The molecule has 4 heteroatoms. The molecule has 0 aliphatic rings. The molecule has 3 nitrogen and oxygen atoms in total. The van der Waals surface area contributed by atoms with Crippen LogP contribution in [0.4, 0.5) is 5.69 Å². The monoisotopic (exact) mass is 273 g/mol. The van der Waals surface area contributed by atoms with E-state index in [0.29, 0.717) is 12.3 Å². The zero-order valence-electron chi connectivity index (χ0n) is 8.83. The largest absolute Gasteiger partial charge is 0.491 e. The molecular formula is C11H16BrNO2. The molecule has 1 rings (SSSR count). The van der Waals surface area contributed by atoms with Crippen molar-refractivity contribution in [2.24, 2.45) is 0 Å². The quantitative estimate of drug-likeness (QED) is 0.640. The molecule has 15 heavy (non-hydrogen) atoms. The normalized spacial score (nSPS) is 10.3. The van der Waals surface area contributed by atoms with E-state index in [-0.39, 0.29) is 0 Å². The predicted octanol–water partition coefficient (Wildman–Crippen LogP) is 2.84. The second-order valence-electron chi connectivity index (χ2n) is 3.08. The molecule has 0 fully saturated rings. The highest BCUT2D eigenvalue weighted by molar-refractivity contribution is 9.10. The average Bonchev–Trinajstić information content (AvgIpc) is 2.20. The van der Waals surface area contributed by atoms with Crippen LogP contribution in [0.25, 0.3) is 0 Å². The topological polar surface area (TPSA) is 44.5 Å². The van der Waals surface area contributed by atoms with E-state index < -0.39 is 0 Å². The molecule has 0 saturated heterocycles. The van der Waals surface area contributed by atoms with Crippen LogP contribution in [0.3, 0.4) is 0 Å². The van der Waals surface area contributed by atoms with Gasteiger partial charge in [0.1, 0.15) is 5.75 Å². The van der Waals surface area contributed by atoms with Crippen molar-refractivity contribution >= 4 is 21.6 Å². The standard InChI is InChI=1S/C11H16BrNO2/c1-2-14-6-3-7-15-11-5-4-9(12)8-10(11)13/h4-5,8H,2-3,6-7,13H2,1H3. The first-order chi connectivity index (χ1) is 7.24. The maximum Gasteiger partial charge on any atom is 0.142 e. The predicted molar refractivity (Wildman–Crippen MR) is 65.2 cm³/mol. The molecule has 0 bridgehead atoms. The van der Waals surface area contributed by atoms with Gasteiger partial charge in [0, 0.05) is 24.1 Å². The summed E-state index contributed by atoms with van der Waals surface area (Å²) in [5.41, 5.74) is 6.43. The van der Waals surface area contributed by atoms with Gasteiger partial charge >= 0.3 is 0 Å². The van der Waals surface area contributed by atoms with Crippen LogP contribution in [-0.4, -0.2) is 19.8 Å². The Kier molecular flexibility index (Phi) is 5.50. The van der Waals surface area contributed by atoms with E-state index in [1.165, 1.54) is 0 Å². The SMILES string of the molecule is CCOCCCOc1ccc(Br)cc1N. The number of anilines is 1. The maximum absolute atomic E-state index is 5.78. The smallest absolute Gasteiger partial charge is 0.142 e. The summed E-state index contributed by atoms with van der Waals surface area (Å²) in [5, 5.41) is 0. The van der Waals surface area contributed by atoms with Crippen LogP contribution in [0.1, 0.15) is 13.3 Å². The molecule has 1 aromatic carbocycles. The molecule has 0 atom stereocenters. The molecule has 0 radical (unpaired) electrons. The summed E-state index contributed by atoms with van der Waals surface area (Å²) in [6, 6.07) is 5.60. The van der Waals surface area contributed by atoms with E-state index in [1.54, 1.807) is 0 Å². The molecule has 0 aliphatic carbocycles. The van der Waals surface area contributed by atoms with Crippen molar-refractivity contribution in [2.75, 3.05) is 25.6 Å². The number of hydrogen-bond acceptors (Lipinski definition) is 3. The Morgan fingerprint density at radius 3 is 2.80 bits per heavy atom. The van der Waals surface area contributed by atoms with E-state index >= 15 is 0 Å². The van der Waals surface area contributed by atoms with Crippen molar-refractivity contribution < 1.29 is 9.47 Å². The van der Waals surface area contributed by atoms with Gasteiger partial charge in [-0.1, -0.05) is 15.9 Å². The van der Waals surface area contributed by atoms with Crippen LogP contribution in [0.5, 0.6) is 5.75 Å². The summed E-state index contributed by atoms with van der Waals surface area (Å²) >= 11 is 3.34. The number of ether oxygens (including phenoxy) is 2.